The van der Waals surface area contributed by atoms with Gasteiger partial charge in [-0.05, 0) is 12.8 Å². The van der Waals surface area contributed by atoms with Gasteiger partial charge < -0.3 is 5.11 Å². The van der Waals surface area contributed by atoms with Crippen molar-refractivity contribution in [3.8, 4) is 0 Å². The first-order valence-corrected chi connectivity index (χ1v) is 9.18. The zero-order valence-corrected chi connectivity index (χ0v) is 14.0. The molecule has 1 spiro atoms. The average molecular weight is 319 g/mol. The van der Waals surface area contributed by atoms with Gasteiger partial charge in [0.15, 0.2) is 5.72 Å². The van der Waals surface area contributed by atoms with E-state index < -0.39 is 32.8 Å². The smallest absolute Gasteiger partial charge is 0.409 e. The predicted molar refractivity (Wildman–Crippen MR) is 78.4 cm³/mol. The molecule has 6 nitrogen and oxygen atoms in total. The van der Waals surface area contributed by atoms with Crippen molar-refractivity contribution in [2.75, 3.05) is 12.8 Å². The SMILES string of the molecule is CC(C)(C)C1(OS(C)(=O)=O)N(C(=O)O)CC12CCCCC2. The Morgan fingerprint density at radius 1 is 1.19 bits per heavy atom. The van der Waals surface area contributed by atoms with Crippen LogP contribution in [0.2, 0.25) is 0 Å². The van der Waals surface area contributed by atoms with Gasteiger partial charge in [-0.3, -0.25) is 4.90 Å². The Hall–Kier alpha value is -0.820. The molecule has 1 unspecified atom stereocenters. The molecule has 1 atom stereocenters. The Kier molecular flexibility index (Phi) is 3.82. The molecule has 1 heterocycles. The molecule has 2 fully saturated rings. The van der Waals surface area contributed by atoms with Crippen LogP contribution in [0.5, 0.6) is 0 Å². The number of likely N-dealkylation sites (tertiary alicyclic amines) is 1. The van der Waals surface area contributed by atoms with E-state index in [4.69, 9.17) is 4.18 Å². The molecule has 1 N–H and O–H groups in total. The maximum Gasteiger partial charge on any atom is 0.409 e. The van der Waals surface area contributed by atoms with Gasteiger partial charge in [-0.25, -0.2) is 8.98 Å². The van der Waals surface area contributed by atoms with Gasteiger partial charge in [0.2, 0.25) is 0 Å². The van der Waals surface area contributed by atoms with E-state index in [0.29, 0.717) is 6.54 Å². The summed E-state index contributed by atoms with van der Waals surface area (Å²) in [4.78, 5) is 12.8. The summed E-state index contributed by atoms with van der Waals surface area (Å²) >= 11 is 0. The summed E-state index contributed by atoms with van der Waals surface area (Å²) in [5.74, 6) is 0. The molecular formula is C14H25NO5S. The Balaban J connectivity index is 2.56. The van der Waals surface area contributed by atoms with E-state index in [1.54, 1.807) is 0 Å². The first-order valence-electron chi connectivity index (χ1n) is 7.36. The van der Waals surface area contributed by atoms with Crippen LogP contribution < -0.4 is 0 Å². The van der Waals surface area contributed by atoms with E-state index in [-0.39, 0.29) is 0 Å². The highest BCUT2D eigenvalue weighted by Crippen LogP contribution is 2.63. The molecule has 0 aromatic rings. The topological polar surface area (TPSA) is 83.9 Å². The van der Waals surface area contributed by atoms with Gasteiger partial charge in [-0.2, -0.15) is 8.42 Å². The molecule has 1 saturated carbocycles. The first kappa shape index (κ1) is 16.5. The summed E-state index contributed by atoms with van der Waals surface area (Å²) in [6.45, 7) is 5.91. The minimum Gasteiger partial charge on any atom is -0.465 e. The second-order valence-electron chi connectivity index (χ2n) is 7.39. The highest BCUT2D eigenvalue weighted by molar-refractivity contribution is 7.86. The quantitative estimate of drug-likeness (QED) is 0.791. The van der Waals surface area contributed by atoms with Crippen molar-refractivity contribution >= 4 is 16.2 Å². The molecule has 0 aromatic heterocycles. The largest absolute Gasteiger partial charge is 0.465 e. The zero-order valence-electron chi connectivity index (χ0n) is 13.2. The normalized spacial score (nSPS) is 29.2. The van der Waals surface area contributed by atoms with Gasteiger partial charge >= 0.3 is 6.09 Å². The van der Waals surface area contributed by atoms with E-state index in [0.717, 1.165) is 38.4 Å². The lowest BCUT2D eigenvalue weighted by Gasteiger charge is -2.69. The number of rotatable bonds is 2. The van der Waals surface area contributed by atoms with Crippen molar-refractivity contribution in [3.63, 3.8) is 0 Å². The van der Waals surface area contributed by atoms with Gasteiger partial charge in [0, 0.05) is 17.4 Å². The Bertz CT molecular complexity index is 530. The van der Waals surface area contributed by atoms with Crippen LogP contribution in [0.3, 0.4) is 0 Å². The summed E-state index contributed by atoms with van der Waals surface area (Å²) in [5.41, 5.74) is -2.34. The second-order valence-corrected chi connectivity index (χ2v) is 8.97. The maximum absolute atomic E-state index is 11.8. The summed E-state index contributed by atoms with van der Waals surface area (Å²) in [6, 6.07) is 0. The number of hydrogen-bond acceptors (Lipinski definition) is 4. The van der Waals surface area contributed by atoms with Crippen LogP contribution in [-0.2, 0) is 14.3 Å². The third-order valence-electron chi connectivity index (χ3n) is 4.89. The Morgan fingerprint density at radius 2 is 1.71 bits per heavy atom. The van der Waals surface area contributed by atoms with Crippen LogP contribution in [0.1, 0.15) is 52.9 Å². The third kappa shape index (κ3) is 2.44. The van der Waals surface area contributed by atoms with E-state index in [9.17, 15) is 18.3 Å². The number of nitrogens with zero attached hydrogens (tertiary/aromatic N) is 1. The number of carboxylic acid groups (broad SMARTS) is 1. The van der Waals surface area contributed by atoms with Gasteiger partial charge in [-0.15, -0.1) is 0 Å². The molecule has 0 radical (unpaired) electrons. The van der Waals surface area contributed by atoms with Crippen molar-refractivity contribution < 1.29 is 22.5 Å². The maximum atomic E-state index is 11.8. The minimum absolute atomic E-state index is 0.356. The highest BCUT2D eigenvalue weighted by atomic mass is 32.2. The van der Waals surface area contributed by atoms with Crippen molar-refractivity contribution in [2.45, 2.75) is 58.6 Å². The van der Waals surface area contributed by atoms with E-state index >= 15 is 0 Å². The van der Waals surface area contributed by atoms with Gasteiger partial charge in [0.25, 0.3) is 10.1 Å². The van der Waals surface area contributed by atoms with Crippen LogP contribution in [0.4, 0.5) is 4.79 Å². The molecule has 122 valence electrons. The molecule has 21 heavy (non-hydrogen) atoms. The fourth-order valence-electron chi connectivity index (χ4n) is 4.32. The van der Waals surface area contributed by atoms with Crippen LogP contribution in [0.25, 0.3) is 0 Å². The molecule has 0 aromatic carbocycles. The second kappa shape index (κ2) is 4.84. The van der Waals surface area contributed by atoms with Crippen LogP contribution in [0.15, 0.2) is 0 Å². The number of hydrogen-bond donors (Lipinski definition) is 1. The van der Waals surface area contributed by atoms with Crippen molar-refractivity contribution in [1.29, 1.82) is 0 Å². The summed E-state index contributed by atoms with van der Waals surface area (Å²) < 4.78 is 29.2. The molecule has 1 saturated heterocycles. The molecule has 2 rings (SSSR count). The number of amides is 1. The zero-order chi connectivity index (χ0) is 16.1. The fourth-order valence-corrected chi connectivity index (χ4v) is 5.28. The van der Waals surface area contributed by atoms with Gasteiger partial charge in [-0.1, -0.05) is 40.0 Å². The first-order chi connectivity index (χ1) is 9.45. The molecule has 1 amide bonds. The van der Waals surface area contributed by atoms with E-state index in [1.165, 1.54) is 4.90 Å². The Morgan fingerprint density at radius 3 is 2.10 bits per heavy atom. The Labute approximate surface area is 126 Å². The lowest BCUT2D eigenvalue weighted by molar-refractivity contribution is -0.305. The highest BCUT2D eigenvalue weighted by Gasteiger charge is 2.73. The molecule has 1 aliphatic carbocycles. The average Bonchev–Trinajstić information content (AvgIpc) is 2.31. The summed E-state index contributed by atoms with van der Waals surface area (Å²) in [7, 11) is -3.77. The number of carbonyl (C=O) groups is 1. The predicted octanol–water partition coefficient (Wildman–Crippen LogP) is 2.65. The summed E-state index contributed by atoms with van der Waals surface area (Å²) in [6.07, 6.45) is 4.57. The van der Waals surface area contributed by atoms with Crippen molar-refractivity contribution in [1.82, 2.24) is 4.90 Å². The van der Waals surface area contributed by atoms with Crippen LogP contribution in [0, 0.1) is 10.8 Å². The summed E-state index contributed by atoms with van der Waals surface area (Å²) in [5, 5.41) is 9.49. The fraction of sp³-hybridized carbons (Fsp3) is 0.929. The standard InChI is InChI=1S/C14H25NO5S/c1-12(2,3)14(20-21(4,18)19)13(8-6-5-7-9-13)10-15(14)11(16)17/h5-10H2,1-4H3,(H,16,17). The minimum atomic E-state index is -3.77. The monoisotopic (exact) mass is 319 g/mol. The molecular weight excluding hydrogens is 294 g/mol. The lowest BCUT2D eigenvalue weighted by Crippen LogP contribution is -2.81. The van der Waals surface area contributed by atoms with Crippen molar-refractivity contribution in [2.24, 2.45) is 10.8 Å². The lowest BCUT2D eigenvalue weighted by atomic mass is 9.53. The van der Waals surface area contributed by atoms with Crippen LogP contribution >= 0.6 is 0 Å². The van der Waals surface area contributed by atoms with Crippen molar-refractivity contribution in [3.05, 3.63) is 0 Å². The van der Waals surface area contributed by atoms with Crippen LogP contribution in [-0.4, -0.2) is 43.0 Å². The molecule has 7 heteroatoms. The van der Waals surface area contributed by atoms with E-state index in [1.807, 2.05) is 20.8 Å². The molecule has 1 aliphatic heterocycles. The molecule has 2 aliphatic rings. The molecule has 0 bridgehead atoms. The van der Waals surface area contributed by atoms with E-state index in [2.05, 4.69) is 0 Å². The van der Waals surface area contributed by atoms with Gasteiger partial charge in [0.05, 0.1) is 6.26 Å². The third-order valence-corrected chi connectivity index (χ3v) is 5.43. The van der Waals surface area contributed by atoms with Gasteiger partial charge in [0.1, 0.15) is 0 Å².